The molecule has 0 aromatic rings. The average Bonchev–Trinajstić information content (AvgIpc) is 3.45. The molecule has 0 aromatic heterocycles. The molecule has 0 radical (unpaired) electrons. The van der Waals surface area contributed by atoms with Crippen LogP contribution in [-0.2, 0) is 9.47 Å². The van der Waals surface area contributed by atoms with Crippen molar-refractivity contribution in [3.8, 4) is 0 Å². The van der Waals surface area contributed by atoms with E-state index in [-0.39, 0.29) is 12.2 Å². The highest BCUT2D eigenvalue weighted by Crippen LogP contribution is 2.18. The van der Waals surface area contributed by atoms with Crippen molar-refractivity contribution >= 4 is 0 Å². The van der Waals surface area contributed by atoms with E-state index >= 15 is 0 Å². The van der Waals surface area contributed by atoms with Crippen molar-refractivity contribution in [2.45, 2.75) is 232 Å². The second-order valence-corrected chi connectivity index (χ2v) is 15.3. The Morgan fingerprint density at radius 2 is 0.625 bits per heavy atom. The standard InChI is InChI=1S/C45H87NO2/c1-4-6-8-10-12-14-16-18-20-22-24-26-28-30-32-34-36-38-40-47-44-42-46(3)43-45(44)48-41-39-37-35-33-31-29-27-25-23-21-19-17-15-13-11-9-7-5-2/h18-21,44-45H,4-17,22-43H2,1-3H3/b20-18-,21-19-/t44-,45-/m1/s1. The summed E-state index contributed by atoms with van der Waals surface area (Å²) < 4.78 is 12.7. The largest absolute Gasteiger partial charge is 0.374 e. The molecule has 1 aliphatic rings. The van der Waals surface area contributed by atoms with Gasteiger partial charge in [-0.1, -0.05) is 179 Å². The van der Waals surface area contributed by atoms with E-state index in [4.69, 9.17) is 9.47 Å². The number of hydrogen-bond donors (Lipinski definition) is 0. The Morgan fingerprint density at radius 3 is 0.917 bits per heavy atom. The third-order valence-corrected chi connectivity index (χ3v) is 10.4. The topological polar surface area (TPSA) is 21.7 Å². The van der Waals surface area contributed by atoms with Gasteiger partial charge < -0.3 is 14.4 Å². The van der Waals surface area contributed by atoms with E-state index in [2.05, 4.69) is 50.1 Å². The van der Waals surface area contributed by atoms with Gasteiger partial charge in [-0.05, 0) is 71.3 Å². The smallest absolute Gasteiger partial charge is 0.0975 e. The fourth-order valence-electron chi connectivity index (χ4n) is 7.12. The number of allylic oxidation sites excluding steroid dienone is 4. The predicted octanol–water partition coefficient (Wildman–Crippen LogP) is 14.3. The van der Waals surface area contributed by atoms with Crippen molar-refractivity contribution in [2.24, 2.45) is 0 Å². The van der Waals surface area contributed by atoms with Crippen molar-refractivity contribution in [2.75, 3.05) is 33.4 Å². The summed E-state index contributed by atoms with van der Waals surface area (Å²) in [5.74, 6) is 0. The molecule has 1 rings (SSSR count). The average molecular weight is 674 g/mol. The van der Waals surface area contributed by atoms with Crippen molar-refractivity contribution in [3.63, 3.8) is 0 Å². The fraction of sp³-hybridized carbons (Fsp3) is 0.911. The van der Waals surface area contributed by atoms with Crippen LogP contribution in [0.2, 0.25) is 0 Å². The quantitative estimate of drug-likeness (QED) is 0.0481. The van der Waals surface area contributed by atoms with Crippen LogP contribution in [-0.4, -0.2) is 50.5 Å². The number of likely N-dealkylation sites (N-methyl/N-ethyl adjacent to an activating group) is 1. The molecule has 1 aliphatic heterocycles. The highest BCUT2D eigenvalue weighted by atomic mass is 16.5. The van der Waals surface area contributed by atoms with E-state index in [1.807, 2.05) is 0 Å². The molecule has 48 heavy (non-hydrogen) atoms. The predicted molar refractivity (Wildman–Crippen MR) is 214 cm³/mol. The Bertz CT molecular complexity index is 620. The van der Waals surface area contributed by atoms with Crippen LogP contribution >= 0.6 is 0 Å². The van der Waals surface area contributed by atoms with E-state index < -0.39 is 0 Å². The Hall–Kier alpha value is -0.640. The Labute approximate surface area is 302 Å². The lowest BCUT2D eigenvalue weighted by Gasteiger charge is -2.20. The van der Waals surface area contributed by atoms with Crippen LogP contribution in [0, 0.1) is 0 Å². The van der Waals surface area contributed by atoms with Gasteiger partial charge in [-0.15, -0.1) is 0 Å². The first-order valence-electron chi connectivity index (χ1n) is 22.0. The van der Waals surface area contributed by atoms with E-state index in [1.165, 1.54) is 205 Å². The highest BCUT2D eigenvalue weighted by molar-refractivity contribution is 4.85. The molecule has 2 atom stereocenters. The summed E-state index contributed by atoms with van der Waals surface area (Å²) in [7, 11) is 2.21. The first-order valence-corrected chi connectivity index (χ1v) is 22.0. The molecule has 3 nitrogen and oxygen atoms in total. The number of likely N-dealkylation sites (tertiary alicyclic amines) is 1. The Kier molecular flexibility index (Phi) is 35.6. The van der Waals surface area contributed by atoms with Gasteiger partial charge in [0.15, 0.2) is 0 Å². The molecule has 0 N–H and O–H groups in total. The van der Waals surface area contributed by atoms with E-state index in [0.717, 1.165) is 26.3 Å². The minimum absolute atomic E-state index is 0.264. The number of unbranched alkanes of at least 4 members (excludes halogenated alkanes) is 28. The molecule has 0 amide bonds. The minimum Gasteiger partial charge on any atom is -0.374 e. The summed E-state index contributed by atoms with van der Waals surface area (Å²) >= 11 is 0. The van der Waals surface area contributed by atoms with Crippen LogP contribution in [0.5, 0.6) is 0 Å². The molecule has 0 saturated carbocycles. The maximum Gasteiger partial charge on any atom is 0.0975 e. The van der Waals surface area contributed by atoms with Crippen molar-refractivity contribution in [3.05, 3.63) is 24.3 Å². The van der Waals surface area contributed by atoms with Gasteiger partial charge in [-0.2, -0.15) is 0 Å². The lowest BCUT2D eigenvalue weighted by molar-refractivity contribution is -0.0481. The molecule has 0 aliphatic carbocycles. The molecule has 0 spiro atoms. The summed E-state index contributed by atoms with van der Waals surface area (Å²) in [6, 6.07) is 0. The summed E-state index contributed by atoms with van der Waals surface area (Å²) in [6.45, 7) is 8.43. The third-order valence-electron chi connectivity index (χ3n) is 10.4. The van der Waals surface area contributed by atoms with E-state index in [0.29, 0.717) is 0 Å². The second kappa shape index (κ2) is 37.6. The van der Waals surface area contributed by atoms with Crippen LogP contribution in [0.3, 0.4) is 0 Å². The molecule has 1 saturated heterocycles. The van der Waals surface area contributed by atoms with E-state index in [9.17, 15) is 0 Å². The maximum absolute atomic E-state index is 6.33. The third kappa shape index (κ3) is 31.3. The van der Waals surface area contributed by atoms with Crippen LogP contribution in [0.25, 0.3) is 0 Å². The van der Waals surface area contributed by atoms with Gasteiger partial charge in [0.2, 0.25) is 0 Å². The van der Waals surface area contributed by atoms with Gasteiger partial charge in [0.25, 0.3) is 0 Å². The SMILES string of the molecule is CCCCCCCC/C=C\CCCCCCCCCCO[C@@H]1CN(C)C[C@H]1OCCCCCCCCCC/C=C\CCCCCCCC. The fourth-order valence-corrected chi connectivity index (χ4v) is 7.12. The van der Waals surface area contributed by atoms with Crippen molar-refractivity contribution < 1.29 is 9.47 Å². The molecular formula is C45H87NO2. The Morgan fingerprint density at radius 1 is 0.375 bits per heavy atom. The number of rotatable bonds is 38. The molecule has 284 valence electrons. The molecular weight excluding hydrogens is 587 g/mol. The monoisotopic (exact) mass is 674 g/mol. The van der Waals surface area contributed by atoms with Crippen LogP contribution in [0.15, 0.2) is 24.3 Å². The van der Waals surface area contributed by atoms with Gasteiger partial charge in [0.05, 0.1) is 12.2 Å². The summed E-state index contributed by atoms with van der Waals surface area (Å²) in [5.41, 5.74) is 0. The number of ether oxygens (including phenoxy) is 2. The summed E-state index contributed by atoms with van der Waals surface area (Å²) in [5, 5.41) is 0. The second-order valence-electron chi connectivity index (χ2n) is 15.3. The maximum atomic E-state index is 6.33. The van der Waals surface area contributed by atoms with Gasteiger partial charge in [0, 0.05) is 26.3 Å². The van der Waals surface area contributed by atoms with E-state index in [1.54, 1.807) is 0 Å². The molecule has 0 bridgehead atoms. The summed E-state index contributed by atoms with van der Waals surface area (Å²) in [4.78, 5) is 2.38. The van der Waals surface area contributed by atoms with Crippen LogP contribution < -0.4 is 0 Å². The van der Waals surface area contributed by atoms with Crippen LogP contribution in [0.4, 0.5) is 0 Å². The number of nitrogens with zero attached hydrogens (tertiary/aromatic N) is 1. The molecule has 0 aromatic carbocycles. The number of hydrogen-bond acceptors (Lipinski definition) is 3. The van der Waals surface area contributed by atoms with Gasteiger partial charge in [0.1, 0.15) is 0 Å². The molecule has 1 heterocycles. The highest BCUT2D eigenvalue weighted by Gasteiger charge is 2.32. The Balaban J connectivity index is 1.84. The van der Waals surface area contributed by atoms with Gasteiger partial charge in [-0.25, -0.2) is 0 Å². The van der Waals surface area contributed by atoms with Crippen LogP contribution in [0.1, 0.15) is 219 Å². The van der Waals surface area contributed by atoms with Gasteiger partial charge in [-0.3, -0.25) is 0 Å². The molecule has 3 heteroatoms. The van der Waals surface area contributed by atoms with Crippen molar-refractivity contribution in [1.82, 2.24) is 4.90 Å². The zero-order chi connectivity index (χ0) is 34.4. The lowest BCUT2D eigenvalue weighted by atomic mass is 10.1. The molecule has 1 fully saturated rings. The first-order chi connectivity index (χ1) is 23.8. The zero-order valence-electron chi connectivity index (χ0n) is 33.2. The molecule has 0 unspecified atom stereocenters. The first kappa shape index (κ1) is 45.4. The normalized spacial score (nSPS) is 17.1. The lowest BCUT2D eigenvalue weighted by Crippen LogP contribution is -2.30. The minimum atomic E-state index is 0.264. The van der Waals surface area contributed by atoms with Crippen molar-refractivity contribution in [1.29, 1.82) is 0 Å². The zero-order valence-corrected chi connectivity index (χ0v) is 33.2. The summed E-state index contributed by atoms with van der Waals surface area (Å²) in [6.07, 6.45) is 54.0. The van der Waals surface area contributed by atoms with Gasteiger partial charge >= 0.3 is 0 Å².